The fourth-order valence-electron chi connectivity index (χ4n) is 1.66. The molecule has 1 atom stereocenters. The summed E-state index contributed by atoms with van der Waals surface area (Å²) in [5.74, 6) is 1.94. The predicted octanol–water partition coefficient (Wildman–Crippen LogP) is 2.39. The molecule has 20 heavy (non-hydrogen) atoms. The van der Waals surface area contributed by atoms with E-state index in [0.29, 0.717) is 17.8 Å². The number of nitrogens with zero attached hydrogens (tertiary/aromatic N) is 4. The Morgan fingerprint density at radius 2 is 1.75 bits per heavy atom. The molecule has 1 heterocycles. The Bertz CT molecular complexity index is 422. The van der Waals surface area contributed by atoms with Gasteiger partial charge in [0.2, 0.25) is 17.8 Å². The van der Waals surface area contributed by atoms with Gasteiger partial charge in [0, 0.05) is 19.6 Å². The zero-order chi connectivity index (χ0) is 15.3. The molecule has 0 bridgehead atoms. The molecule has 6 nitrogen and oxygen atoms in total. The van der Waals surface area contributed by atoms with Crippen LogP contribution in [0.15, 0.2) is 0 Å². The van der Waals surface area contributed by atoms with Crippen molar-refractivity contribution in [1.29, 1.82) is 0 Å². The molecule has 1 aromatic heterocycles. The van der Waals surface area contributed by atoms with Crippen LogP contribution in [-0.2, 0) is 0 Å². The molecule has 0 radical (unpaired) electrons. The van der Waals surface area contributed by atoms with Crippen molar-refractivity contribution in [3.8, 4) is 0 Å². The van der Waals surface area contributed by atoms with Crippen LogP contribution in [0.2, 0.25) is 0 Å². The minimum Gasteiger partial charge on any atom is -0.368 e. The summed E-state index contributed by atoms with van der Waals surface area (Å²) in [5, 5.41) is 3.27. The van der Waals surface area contributed by atoms with Gasteiger partial charge in [-0.05, 0) is 25.2 Å². The maximum atomic E-state index is 5.77. The number of rotatable bonds is 6. The molecule has 3 N–H and O–H groups in total. The number of nitrogens with one attached hydrogen (secondary N) is 1. The zero-order valence-corrected chi connectivity index (χ0v) is 13.6. The number of aromatic nitrogens is 3. The van der Waals surface area contributed by atoms with Gasteiger partial charge in [0.25, 0.3) is 0 Å². The zero-order valence-electron chi connectivity index (χ0n) is 13.6. The lowest BCUT2D eigenvalue weighted by Gasteiger charge is -2.27. The first-order chi connectivity index (χ1) is 9.27. The van der Waals surface area contributed by atoms with E-state index < -0.39 is 0 Å². The number of anilines is 3. The van der Waals surface area contributed by atoms with E-state index in [1.165, 1.54) is 0 Å². The number of hydrogen-bond acceptors (Lipinski definition) is 6. The van der Waals surface area contributed by atoms with E-state index >= 15 is 0 Å². The van der Waals surface area contributed by atoms with Gasteiger partial charge in [-0.3, -0.25) is 0 Å². The monoisotopic (exact) mass is 280 g/mol. The standard InChI is InChI=1S/C14H28N6/c1-7-20(8-2)13-18-11(15)17-12(19-13)16-9-10(3)14(4,5)6/h10H,7-9H2,1-6H3,(H3,15,16,17,18,19). The molecule has 0 saturated heterocycles. The second-order valence-corrected chi connectivity index (χ2v) is 6.14. The van der Waals surface area contributed by atoms with Crippen molar-refractivity contribution >= 4 is 17.8 Å². The summed E-state index contributed by atoms with van der Waals surface area (Å²) in [6, 6.07) is 0. The van der Waals surface area contributed by atoms with E-state index in [4.69, 9.17) is 5.73 Å². The summed E-state index contributed by atoms with van der Waals surface area (Å²) >= 11 is 0. The molecule has 0 aliphatic carbocycles. The Morgan fingerprint density at radius 1 is 1.15 bits per heavy atom. The van der Waals surface area contributed by atoms with E-state index in [1.807, 2.05) is 0 Å². The van der Waals surface area contributed by atoms with Gasteiger partial charge in [-0.15, -0.1) is 0 Å². The summed E-state index contributed by atoms with van der Waals surface area (Å²) in [7, 11) is 0. The van der Waals surface area contributed by atoms with Gasteiger partial charge in [0.1, 0.15) is 0 Å². The Labute approximate surface area is 122 Å². The highest BCUT2D eigenvalue weighted by molar-refractivity contribution is 5.41. The van der Waals surface area contributed by atoms with Crippen LogP contribution in [0.25, 0.3) is 0 Å². The van der Waals surface area contributed by atoms with Gasteiger partial charge in [-0.2, -0.15) is 15.0 Å². The smallest absolute Gasteiger partial charge is 0.231 e. The summed E-state index contributed by atoms with van der Waals surface area (Å²) < 4.78 is 0. The van der Waals surface area contributed by atoms with Crippen LogP contribution in [0.4, 0.5) is 17.8 Å². The van der Waals surface area contributed by atoms with Gasteiger partial charge in [0.05, 0.1) is 0 Å². The van der Waals surface area contributed by atoms with E-state index in [0.717, 1.165) is 19.6 Å². The van der Waals surface area contributed by atoms with Crippen LogP contribution in [-0.4, -0.2) is 34.6 Å². The SMILES string of the molecule is CCN(CC)c1nc(N)nc(NCC(C)C(C)(C)C)n1. The van der Waals surface area contributed by atoms with E-state index in [1.54, 1.807) is 0 Å². The van der Waals surface area contributed by atoms with Gasteiger partial charge >= 0.3 is 0 Å². The minimum absolute atomic E-state index is 0.243. The summed E-state index contributed by atoms with van der Waals surface area (Å²) in [6.07, 6.45) is 0. The van der Waals surface area contributed by atoms with Crippen LogP contribution in [0, 0.1) is 11.3 Å². The maximum Gasteiger partial charge on any atom is 0.231 e. The van der Waals surface area contributed by atoms with E-state index in [9.17, 15) is 0 Å². The summed E-state index contributed by atoms with van der Waals surface area (Å²) in [5.41, 5.74) is 6.01. The topological polar surface area (TPSA) is 80.0 Å². The predicted molar refractivity (Wildman–Crippen MR) is 84.9 cm³/mol. The Kier molecular flexibility index (Phi) is 5.53. The molecule has 1 rings (SSSR count). The molecule has 0 aromatic carbocycles. The molecule has 1 aromatic rings. The fraction of sp³-hybridized carbons (Fsp3) is 0.786. The average Bonchev–Trinajstić information content (AvgIpc) is 2.35. The fourth-order valence-corrected chi connectivity index (χ4v) is 1.66. The van der Waals surface area contributed by atoms with Crippen molar-refractivity contribution in [2.45, 2.75) is 41.5 Å². The Hall–Kier alpha value is -1.59. The Morgan fingerprint density at radius 3 is 2.25 bits per heavy atom. The van der Waals surface area contributed by atoms with Crippen LogP contribution >= 0.6 is 0 Å². The lowest BCUT2D eigenvalue weighted by molar-refractivity contribution is 0.274. The molecular weight excluding hydrogens is 252 g/mol. The first-order valence-electron chi connectivity index (χ1n) is 7.28. The largest absolute Gasteiger partial charge is 0.368 e. The third kappa shape index (κ3) is 4.51. The number of nitrogens with two attached hydrogens (primary N) is 1. The highest BCUT2D eigenvalue weighted by atomic mass is 15.3. The third-order valence-corrected chi connectivity index (χ3v) is 3.73. The summed E-state index contributed by atoms with van der Waals surface area (Å²) in [4.78, 5) is 14.8. The molecule has 6 heteroatoms. The molecule has 0 saturated carbocycles. The van der Waals surface area contributed by atoms with Crippen LogP contribution in [0.3, 0.4) is 0 Å². The van der Waals surface area contributed by atoms with Gasteiger partial charge in [0.15, 0.2) is 0 Å². The second kappa shape index (κ2) is 6.72. The van der Waals surface area contributed by atoms with Crippen LogP contribution in [0.1, 0.15) is 41.5 Å². The molecule has 0 aliphatic heterocycles. The van der Waals surface area contributed by atoms with Crippen molar-refractivity contribution in [1.82, 2.24) is 15.0 Å². The highest BCUT2D eigenvalue weighted by Gasteiger charge is 2.20. The molecule has 0 spiro atoms. The molecule has 0 fully saturated rings. The average molecular weight is 280 g/mol. The van der Waals surface area contributed by atoms with Crippen molar-refractivity contribution < 1.29 is 0 Å². The van der Waals surface area contributed by atoms with E-state index in [-0.39, 0.29) is 11.4 Å². The van der Waals surface area contributed by atoms with Gasteiger partial charge in [-0.25, -0.2) is 0 Å². The van der Waals surface area contributed by atoms with Crippen LogP contribution < -0.4 is 16.0 Å². The van der Waals surface area contributed by atoms with E-state index in [2.05, 4.69) is 66.7 Å². The lowest BCUT2D eigenvalue weighted by Crippen LogP contribution is -2.27. The molecular formula is C14H28N6. The first-order valence-corrected chi connectivity index (χ1v) is 7.28. The maximum absolute atomic E-state index is 5.77. The molecule has 1 unspecified atom stereocenters. The highest BCUT2D eigenvalue weighted by Crippen LogP contribution is 2.25. The van der Waals surface area contributed by atoms with Crippen LogP contribution in [0.5, 0.6) is 0 Å². The van der Waals surface area contributed by atoms with Gasteiger partial charge in [-0.1, -0.05) is 27.7 Å². The number of hydrogen-bond donors (Lipinski definition) is 2. The normalized spacial score (nSPS) is 13.1. The summed E-state index contributed by atoms with van der Waals surface area (Å²) in [6.45, 7) is 15.5. The van der Waals surface area contributed by atoms with Crippen molar-refractivity contribution in [3.63, 3.8) is 0 Å². The second-order valence-electron chi connectivity index (χ2n) is 6.14. The number of nitrogen functional groups attached to an aromatic ring is 1. The molecule has 0 aliphatic rings. The minimum atomic E-state index is 0.243. The molecule has 0 amide bonds. The Balaban J connectivity index is 2.81. The quantitative estimate of drug-likeness (QED) is 0.833. The van der Waals surface area contributed by atoms with Crippen molar-refractivity contribution in [2.75, 3.05) is 35.6 Å². The van der Waals surface area contributed by atoms with Gasteiger partial charge < -0.3 is 16.0 Å². The molecule has 114 valence electrons. The first kappa shape index (κ1) is 16.5. The van der Waals surface area contributed by atoms with Crippen molar-refractivity contribution in [2.24, 2.45) is 11.3 Å². The van der Waals surface area contributed by atoms with Crippen molar-refractivity contribution in [3.05, 3.63) is 0 Å². The third-order valence-electron chi connectivity index (χ3n) is 3.73. The lowest BCUT2D eigenvalue weighted by atomic mass is 9.82.